The maximum absolute atomic E-state index is 12.4. The summed E-state index contributed by atoms with van der Waals surface area (Å²) < 4.78 is 1.88. The van der Waals surface area contributed by atoms with E-state index in [4.69, 9.17) is 0 Å². The van der Waals surface area contributed by atoms with Gasteiger partial charge in [0, 0.05) is 55.8 Å². The molecule has 0 bridgehead atoms. The molecule has 6 nitrogen and oxygen atoms in total. The van der Waals surface area contributed by atoms with E-state index in [-0.39, 0.29) is 5.91 Å². The molecule has 3 rings (SSSR count). The van der Waals surface area contributed by atoms with Gasteiger partial charge in [0.2, 0.25) is 5.91 Å². The largest absolute Gasteiger partial charge is 0.342 e. The van der Waals surface area contributed by atoms with Crippen LogP contribution in [0.5, 0.6) is 0 Å². The molecule has 0 spiro atoms. The third-order valence-corrected chi connectivity index (χ3v) is 4.20. The van der Waals surface area contributed by atoms with Gasteiger partial charge in [-0.15, -0.1) is 0 Å². The van der Waals surface area contributed by atoms with Gasteiger partial charge in [-0.3, -0.25) is 14.6 Å². The van der Waals surface area contributed by atoms with E-state index in [1.807, 2.05) is 28.6 Å². The number of hydrogen-bond acceptors (Lipinski definition) is 3. The van der Waals surface area contributed by atoms with Gasteiger partial charge >= 0.3 is 0 Å². The first-order valence-electron chi connectivity index (χ1n) is 7.49. The average Bonchev–Trinajstić information content (AvgIpc) is 3.16. The standard InChI is InChI=1S/C15H21N5O/c1-12-4-8-17-20(12)10-6-15(21)19-9-2-3-13(11-19)14-5-7-16-18-14/h4-5,7-8,13H,2-3,6,9-11H2,1H3,(H,16,18). The van der Waals surface area contributed by atoms with Crippen LogP contribution in [0.3, 0.4) is 0 Å². The number of H-pyrrole nitrogens is 1. The highest BCUT2D eigenvalue weighted by Crippen LogP contribution is 2.25. The summed E-state index contributed by atoms with van der Waals surface area (Å²) in [5.74, 6) is 0.603. The van der Waals surface area contributed by atoms with Crippen LogP contribution in [0.4, 0.5) is 0 Å². The average molecular weight is 287 g/mol. The molecule has 1 amide bonds. The fourth-order valence-corrected chi connectivity index (χ4v) is 2.94. The van der Waals surface area contributed by atoms with Gasteiger partial charge in [-0.25, -0.2) is 0 Å². The Bertz CT molecular complexity index is 589. The fourth-order valence-electron chi connectivity index (χ4n) is 2.94. The van der Waals surface area contributed by atoms with Crippen LogP contribution in [0.25, 0.3) is 0 Å². The minimum atomic E-state index is 0.217. The Balaban J connectivity index is 1.56. The van der Waals surface area contributed by atoms with E-state index in [9.17, 15) is 4.79 Å². The number of aromatic nitrogens is 4. The Hall–Kier alpha value is -2.11. The highest BCUT2D eigenvalue weighted by atomic mass is 16.2. The molecule has 1 N–H and O–H groups in total. The first-order chi connectivity index (χ1) is 10.2. The molecule has 2 aromatic heterocycles. The molecule has 1 aliphatic rings. The Morgan fingerprint density at radius 1 is 1.43 bits per heavy atom. The number of hydrogen-bond donors (Lipinski definition) is 1. The molecule has 0 aromatic carbocycles. The van der Waals surface area contributed by atoms with E-state index in [1.54, 1.807) is 12.4 Å². The summed E-state index contributed by atoms with van der Waals surface area (Å²) in [5, 5.41) is 11.3. The van der Waals surface area contributed by atoms with Crippen LogP contribution < -0.4 is 0 Å². The van der Waals surface area contributed by atoms with E-state index in [0.29, 0.717) is 18.9 Å². The number of rotatable bonds is 4. The second kappa shape index (κ2) is 6.11. The van der Waals surface area contributed by atoms with Crippen molar-refractivity contribution < 1.29 is 4.79 Å². The molecule has 3 heterocycles. The van der Waals surface area contributed by atoms with Gasteiger partial charge in [-0.1, -0.05) is 0 Å². The molecule has 1 saturated heterocycles. The van der Waals surface area contributed by atoms with Crippen LogP contribution in [0.2, 0.25) is 0 Å². The van der Waals surface area contributed by atoms with Gasteiger partial charge in [0.05, 0.1) is 0 Å². The molecule has 0 radical (unpaired) electrons. The smallest absolute Gasteiger partial charge is 0.224 e. The number of amides is 1. The van der Waals surface area contributed by atoms with E-state index < -0.39 is 0 Å². The molecule has 21 heavy (non-hydrogen) atoms. The SMILES string of the molecule is Cc1ccnn1CCC(=O)N1CCCC(c2ccn[nH]2)C1. The molecular formula is C15H21N5O. The number of nitrogens with zero attached hydrogens (tertiary/aromatic N) is 4. The number of carbonyl (C=O) groups excluding carboxylic acids is 1. The van der Waals surface area contributed by atoms with Crippen molar-refractivity contribution in [2.45, 2.75) is 38.6 Å². The summed E-state index contributed by atoms with van der Waals surface area (Å²) in [7, 11) is 0. The monoisotopic (exact) mass is 287 g/mol. The normalized spacial score (nSPS) is 18.9. The number of piperidine rings is 1. The van der Waals surface area contributed by atoms with Crippen molar-refractivity contribution in [2.75, 3.05) is 13.1 Å². The Kier molecular flexibility index (Phi) is 4.03. The maximum atomic E-state index is 12.4. The summed E-state index contributed by atoms with van der Waals surface area (Å²) >= 11 is 0. The minimum absolute atomic E-state index is 0.217. The summed E-state index contributed by atoms with van der Waals surface area (Å²) in [4.78, 5) is 14.4. The minimum Gasteiger partial charge on any atom is -0.342 e. The van der Waals surface area contributed by atoms with Gasteiger partial charge in [0.1, 0.15) is 0 Å². The fraction of sp³-hybridized carbons (Fsp3) is 0.533. The first kappa shape index (κ1) is 13.9. The number of aromatic amines is 1. The lowest BCUT2D eigenvalue weighted by Gasteiger charge is -2.32. The maximum Gasteiger partial charge on any atom is 0.224 e. The van der Waals surface area contributed by atoms with Gasteiger partial charge in [-0.2, -0.15) is 10.2 Å². The predicted octanol–water partition coefficient (Wildman–Crippen LogP) is 1.71. The van der Waals surface area contributed by atoms with Gasteiger partial charge in [-0.05, 0) is 31.9 Å². The molecule has 1 atom stereocenters. The van der Waals surface area contributed by atoms with Crippen LogP contribution in [0.15, 0.2) is 24.5 Å². The quantitative estimate of drug-likeness (QED) is 0.931. The Morgan fingerprint density at radius 3 is 3.05 bits per heavy atom. The number of likely N-dealkylation sites (tertiary alicyclic amines) is 1. The number of aryl methyl sites for hydroxylation is 2. The lowest BCUT2D eigenvalue weighted by Crippen LogP contribution is -2.39. The zero-order chi connectivity index (χ0) is 14.7. The third kappa shape index (κ3) is 3.15. The summed E-state index contributed by atoms with van der Waals surface area (Å²) in [5.41, 5.74) is 2.23. The van der Waals surface area contributed by atoms with Crippen molar-refractivity contribution in [1.29, 1.82) is 0 Å². The van der Waals surface area contributed by atoms with Crippen LogP contribution in [0.1, 0.15) is 36.6 Å². The van der Waals surface area contributed by atoms with Gasteiger partial charge in [0.15, 0.2) is 0 Å². The molecule has 0 aliphatic carbocycles. The molecule has 2 aromatic rings. The molecular weight excluding hydrogens is 266 g/mol. The lowest BCUT2D eigenvalue weighted by molar-refractivity contribution is -0.132. The van der Waals surface area contributed by atoms with Crippen LogP contribution in [-0.4, -0.2) is 43.9 Å². The predicted molar refractivity (Wildman–Crippen MR) is 78.7 cm³/mol. The number of carbonyl (C=O) groups is 1. The zero-order valence-electron chi connectivity index (χ0n) is 12.3. The van der Waals surface area contributed by atoms with Crippen molar-refractivity contribution in [3.8, 4) is 0 Å². The molecule has 112 valence electrons. The summed E-state index contributed by atoms with van der Waals surface area (Å²) in [6.45, 7) is 4.32. The molecule has 0 saturated carbocycles. The van der Waals surface area contributed by atoms with Crippen LogP contribution >= 0.6 is 0 Å². The Morgan fingerprint density at radius 2 is 2.33 bits per heavy atom. The third-order valence-electron chi connectivity index (χ3n) is 4.20. The van der Waals surface area contributed by atoms with E-state index >= 15 is 0 Å². The topological polar surface area (TPSA) is 66.8 Å². The van der Waals surface area contributed by atoms with Crippen molar-refractivity contribution in [3.05, 3.63) is 35.9 Å². The van der Waals surface area contributed by atoms with Crippen molar-refractivity contribution in [1.82, 2.24) is 24.9 Å². The summed E-state index contributed by atoms with van der Waals surface area (Å²) in [6.07, 6.45) is 6.23. The second-order valence-electron chi connectivity index (χ2n) is 5.64. The molecule has 1 unspecified atom stereocenters. The molecule has 1 fully saturated rings. The van der Waals surface area contributed by atoms with Crippen molar-refractivity contribution in [3.63, 3.8) is 0 Å². The summed E-state index contributed by atoms with van der Waals surface area (Å²) in [6, 6.07) is 3.96. The highest BCUT2D eigenvalue weighted by Gasteiger charge is 2.25. The molecule has 1 aliphatic heterocycles. The lowest BCUT2D eigenvalue weighted by atomic mass is 9.95. The van der Waals surface area contributed by atoms with Crippen LogP contribution in [0, 0.1) is 6.92 Å². The van der Waals surface area contributed by atoms with E-state index in [0.717, 1.165) is 37.3 Å². The zero-order valence-corrected chi connectivity index (χ0v) is 12.3. The van der Waals surface area contributed by atoms with Gasteiger partial charge < -0.3 is 4.90 Å². The first-order valence-corrected chi connectivity index (χ1v) is 7.49. The van der Waals surface area contributed by atoms with Crippen molar-refractivity contribution >= 4 is 5.91 Å². The van der Waals surface area contributed by atoms with E-state index in [2.05, 4.69) is 15.3 Å². The second-order valence-corrected chi connectivity index (χ2v) is 5.64. The molecule has 6 heteroatoms. The van der Waals surface area contributed by atoms with Gasteiger partial charge in [0.25, 0.3) is 0 Å². The van der Waals surface area contributed by atoms with E-state index in [1.165, 1.54) is 0 Å². The Labute approximate surface area is 124 Å². The number of nitrogens with one attached hydrogen (secondary N) is 1. The highest BCUT2D eigenvalue weighted by molar-refractivity contribution is 5.76. The van der Waals surface area contributed by atoms with Crippen molar-refractivity contribution in [2.24, 2.45) is 0 Å². The van der Waals surface area contributed by atoms with Crippen LogP contribution in [-0.2, 0) is 11.3 Å².